The van der Waals surface area contributed by atoms with E-state index >= 15 is 0 Å². The van der Waals surface area contributed by atoms with Gasteiger partial charge in [-0.1, -0.05) is 18.2 Å². The molecule has 0 aliphatic heterocycles. The number of benzene rings is 2. The Hall–Kier alpha value is -3.25. The maximum Gasteiger partial charge on any atom is 0.231 e. The molecule has 2 N–H and O–H groups in total. The predicted molar refractivity (Wildman–Crippen MR) is 118 cm³/mol. The number of pyridine rings is 1. The standard InChI is InChI=1S/C24H26FN3O2/c1-16-14-20(10-11-26-16)18-4-7-21(8-5-18)28-24(29)17(2)19-6-9-22(25)23(15-19)27-12-13-30-3/h4-11,14-15,17,27H,12-13H2,1-3H3,(H,28,29). The van der Waals surface area contributed by atoms with Crippen molar-refractivity contribution in [3.8, 4) is 11.1 Å². The lowest BCUT2D eigenvalue weighted by Gasteiger charge is -2.15. The van der Waals surface area contributed by atoms with E-state index in [0.29, 0.717) is 24.5 Å². The maximum absolute atomic E-state index is 14.0. The first-order chi connectivity index (χ1) is 14.5. The number of nitrogens with one attached hydrogen (secondary N) is 2. The van der Waals surface area contributed by atoms with Crippen LogP contribution in [0.15, 0.2) is 60.8 Å². The molecule has 0 saturated carbocycles. The number of anilines is 2. The smallest absolute Gasteiger partial charge is 0.231 e. The second-order valence-corrected chi connectivity index (χ2v) is 7.13. The molecule has 3 aromatic rings. The van der Waals surface area contributed by atoms with Gasteiger partial charge in [-0.05, 0) is 66.9 Å². The van der Waals surface area contributed by atoms with Gasteiger partial charge in [-0.25, -0.2) is 4.39 Å². The van der Waals surface area contributed by atoms with Crippen molar-refractivity contribution in [3.05, 3.63) is 77.9 Å². The Bertz CT molecular complexity index is 1010. The van der Waals surface area contributed by atoms with Crippen molar-refractivity contribution in [1.82, 2.24) is 4.98 Å². The van der Waals surface area contributed by atoms with Crippen LogP contribution in [0.4, 0.5) is 15.8 Å². The number of carbonyl (C=O) groups is 1. The highest BCUT2D eigenvalue weighted by atomic mass is 19.1. The van der Waals surface area contributed by atoms with Crippen molar-refractivity contribution < 1.29 is 13.9 Å². The van der Waals surface area contributed by atoms with Crippen molar-refractivity contribution in [1.29, 1.82) is 0 Å². The summed E-state index contributed by atoms with van der Waals surface area (Å²) in [6.45, 7) is 4.71. The molecule has 1 heterocycles. The summed E-state index contributed by atoms with van der Waals surface area (Å²) < 4.78 is 19.0. The fourth-order valence-corrected chi connectivity index (χ4v) is 3.11. The summed E-state index contributed by atoms with van der Waals surface area (Å²) in [7, 11) is 1.59. The first-order valence-corrected chi connectivity index (χ1v) is 9.84. The summed E-state index contributed by atoms with van der Waals surface area (Å²) in [5.74, 6) is -0.947. The quantitative estimate of drug-likeness (QED) is 0.516. The summed E-state index contributed by atoms with van der Waals surface area (Å²) in [4.78, 5) is 16.9. The molecule has 30 heavy (non-hydrogen) atoms. The number of methoxy groups -OCH3 is 1. The largest absolute Gasteiger partial charge is 0.383 e. The number of halogens is 1. The summed E-state index contributed by atoms with van der Waals surface area (Å²) >= 11 is 0. The van der Waals surface area contributed by atoms with Crippen molar-refractivity contribution >= 4 is 17.3 Å². The molecule has 2 aromatic carbocycles. The minimum atomic E-state index is -0.434. The van der Waals surface area contributed by atoms with Crippen LogP contribution < -0.4 is 10.6 Å². The third kappa shape index (κ3) is 5.42. The highest BCUT2D eigenvalue weighted by molar-refractivity contribution is 5.95. The zero-order valence-electron chi connectivity index (χ0n) is 17.4. The Morgan fingerprint density at radius 3 is 2.57 bits per heavy atom. The fraction of sp³-hybridized carbons (Fsp3) is 0.250. The molecule has 1 atom stereocenters. The first kappa shape index (κ1) is 21.5. The van der Waals surface area contributed by atoms with Crippen LogP contribution in [0.5, 0.6) is 0 Å². The second kappa shape index (κ2) is 9.98. The molecule has 0 bridgehead atoms. The van der Waals surface area contributed by atoms with Gasteiger partial charge in [-0.3, -0.25) is 9.78 Å². The van der Waals surface area contributed by atoms with Gasteiger partial charge in [0.1, 0.15) is 5.82 Å². The van der Waals surface area contributed by atoms with Crippen molar-refractivity contribution in [2.75, 3.05) is 30.9 Å². The van der Waals surface area contributed by atoms with E-state index in [4.69, 9.17) is 4.74 Å². The van der Waals surface area contributed by atoms with E-state index in [2.05, 4.69) is 15.6 Å². The van der Waals surface area contributed by atoms with Gasteiger partial charge in [0.15, 0.2) is 0 Å². The van der Waals surface area contributed by atoms with Crippen molar-refractivity contribution in [3.63, 3.8) is 0 Å². The van der Waals surface area contributed by atoms with Gasteiger partial charge < -0.3 is 15.4 Å². The van der Waals surface area contributed by atoms with Crippen LogP contribution in [-0.4, -0.2) is 31.2 Å². The highest BCUT2D eigenvalue weighted by Crippen LogP contribution is 2.25. The molecule has 5 nitrogen and oxygen atoms in total. The van der Waals surface area contributed by atoms with Gasteiger partial charge in [0.25, 0.3) is 0 Å². The molecule has 0 saturated heterocycles. The lowest BCUT2D eigenvalue weighted by atomic mass is 9.99. The monoisotopic (exact) mass is 407 g/mol. The lowest BCUT2D eigenvalue weighted by Crippen LogP contribution is -2.19. The van der Waals surface area contributed by atoms with E-state index in [0.717, 1.165) is 22.4 Å². The third-order valence-electron chi connectivity index (χ3n) is 4.89. The number of aromatic nitrogens is 1. The number of hydrogen-bond acceptors (Lipinski definition) is 4. The van der Waals surface area contributed by atoms with E-state index in [1.807, 2.05) is 43.3 Å². The fourth-order valence-electron chi connectivity index (χ4n) is 3.11. The molecule has 156 valence electrons. The maximum atomic E-state index is 14.0. The minimum absolute atomic E-state index is 0.156. The van der Waals surface area contributed by atoms with Crippen LogP contribution in [-0.2, 0) is 9.53 Å². The lowest BCUT2D eigenvalue weighted by molar-refractivity contribution is -0.117. The number of hydrogen-bond donors (Lipinski definition) is 2. The van der Waals surface area contributed by atoms with E-state index in [9.17, 15) is 9.18 Å². The average molecular weight is 407 g/mol. The van der Waals surface area contributed by atoms with E-state index < -0.39 is 5.92 Å². The van der Waals surface area contributed by atoms with Gasteiger partial charge in [0.05, 0.1) is 18.2 Å². The number of amides is 1. The molecule has 1 amide bonds. The van der Waals surface area contributed by atoms with E-state index in [1.165, 1.54) is 6.07 Å². The Kier molecular flexibility index (Phi) is 7.14. The molecular formula is C24H26FN3O2. The second-order valence-electron chi connectivity index (χ2n) is 7.13. The van der Waals surface area contributed by atoms with Crippen LogP contribution in [0.25, 0.3) is 11.1 Å². The molecule has 0 aliphatic carbocycles. The molecule has 0 fully saturated rings. The molecule has 0 aliphatic rings. The summed E-state index contributed by atoms with van der Waals surface area (Å²) in [5.41, 5.74) is 4.89. The third-order valence-corrected chi connectivity index (χ3v) is 4.89. The van der Waals surface area contributed by atoms with Crippen LogP contribution in [0.3, 0.4) is 0 Å². The SMILES string of the molecule is COCCNc1cc(C(C)C(=O)Nc2ccc(-c3ccnc(C)c3)cc2)ccc1F. The van der Waals surface area contributed by atoms with Gasteiger partial charge in [0, 0.05) is 31.2 Å². The van der Waals surface area contributed by atoms with Crippen LogP contribution >= 0.6 is 0 Å². The molecule has 1 unspecified atom stereocenters. The molecule has 0 spiro atoms. The van der Waals surface area contributed by atoms with E-state index in [-0.39, 0.29) is 11.7 Å². The van der Waals surface area contributed by atoms with Gasteiger partial charge in [-0.2, -0.15) is 0 Å². The Morgan fingerprint density at radius 1 is 1.10 bits per heavy atom. The predicted octanol–water partition coefficient (Wildman–Crippen LogP) is 5.00. The molecule has 1 aromatic heterocycles. The Labute approximate surface area is 176 Å². The van der Waals surface area contributed by atoms with Gasteiger partial charge in [0.2, 0.25) is 5.91 Å². The summed E-state index contributed by atoms with van der Waals surface area (Å²) in [6, 6.07) is 16.3. The van der Waals surface area contributed by atoms with Crippen molar-refractivity contribution in [2.45, 2.75) is 19.8 Å². The normalized spacial score (nSPS) is 11.7. The number of carbonyl (C=O) groups excluding carboxylic acids is 1. The van der Waals surface area contributed by atoms with Gasteiger partial charge >= 0.3 is 0 Å². The average Bonchev–Trinajstić information content (AvgIpc) is 2.75. The summed E-state index contributed by atoms with van der Waals surface area (Å²) in [6.07, 6.45) is 1.78. The topological polar surface area (TPSA) is 63.2 Å². The number of nitrogens with zero attached hydrogens (tertiary/aromatic N) is 1. The Morgan fingerprint density at radius 2 is 1.87 bits per heavy atom. The zero-order chi connectivity index (χ0) is 21.5. The van der Waals surface area contributed by atoms with Crippen LogP contribution in [0, 0.1) is 12.7 Å². The zero-order valence-corrected chi connectivity index (χ0v) is 17.4. The molecular weight excluding hydrogens is 381 g/mol. The first-order valence-electron chi connectivity index (χ1n) is 9.84. The van der Waals surface area contributed by atoms with Crippen molar-refractivity contribution in [2.24, 2.45) is 0 Å². The van der Waals surface area contributed by atoms with Gasteiger partial charge in [-0.15, -0.1) is 0 Å². The minimum Gasteiger partial charge on any atom is -0.383 e. The number of aryl methyl sites for hydroxylation is 1. The molecule has 0 radical (unpaired) electrons. The number of ether oxygens (including phenoxy) is 1. The molecule has 6 heteroatoms. The van der Waals surface area contributed by atoms with E-state index in [1.54, 1.807) is 32.4 Å². The van der Waals surface area contributed by atoms with Crippen LogP contribution in [0.1, 0.15) is 24.1 Å². The number of rotatable bonds is 8. The molecule has 3 rings (SSSR count). The Balaban J connectivity index is 1.67. The highest BCUT2D eigenvalue weighted by Gasteiger charge is 2.17. The van der Waals surface area contributed by atoms with Crippen LogP contribution in [0.2, 0.25) is 0 Å². The summed E-state index contributed by atoms with van der Waals surface area (Å²) in [5, 5.41) is 5.92.